The van der Waals surface area contributed by atoms with Crippen molar-refractivity contribution in [3.8, 4) is 5.75 Å². The third-order valence-corrected chi connectivity index (χ3v) is 2.62. The molecule has 0 saturated heterocycles. The summed E-state index contributed by atoms with van der Waals surface area (Å²) < 4.78 is 6.73. The van der Waals surface area contributed by atoms with Crippen molar-refractivity contribution >= 4 is 5.97 Å². The Bertz CT molecular complexity index is 524. The smallest absolute Gasteiger partial charge is 0.138 e. The van der Waals surface area contributed by atoms with Crippen LogP contribution in [0.15, 0.2) is 30.6 Å². The number of carboxylic acids is 1. The molecule has 1 aromatic heterocycles. The quantitative estimate of drug-likeness (QED) is 0.715. The lowest BCUT2D eigenvalue weighted by atomic mass is 10.0. The van der Waals surface area contributed by atoms with Gasteiger partial charge >= 0.3 is 0 Å². The Labute approximate surface area is 109 Å². The van der Waals surface area contributed by atoms with E-state index in [0.29, 0.717) is 6.61 Å². The van der Waals surface area contributed by atoms with E-state index in [-0.39, 0.29) is 6.42 Å². The second kappa shape index (κ2) is 5.94. The van der Waals surface area contributed by atoms with Crippen LogP contribution in [-0.2, 0) is 4.79 Å². The van der Waals surface area contributed by atoms with Crippen LogP contribution >= 0.6 is 0 Å². The molecule has 0 aliphatic carbocycles. The summed E-state index contributed by atoms with van der Waals surface area (Å²) in [6.07, 6.45) is 1.18. The number of carbonyl (C=O) groups excluding carboxylic acids is 1. The molecular formula is C12H13N4O3-. The van der Waals surface area contributed by atoms with E-state index < -0.39 is 12.0 Å². The van der Waals surface area contributed by atoms with Gasteiger partial charge in [-0.25, -0.2) is 4.68 Å². The van der Waals surface area contributed by atoms with Gasteiger partial charge in [-0.05, 0) is 35.0 Å². The topological polar surface area (TPSA) is 93.0 Å². The number of carboxylic acid groups (broad SMARTS) is 1. The van der Waals surface area contributed by atoms with Gasteiger partial charge < -0.3 is 14.6 Å². The van der Waals surface area contributed by atoms with Crippen LogP contribution < -0.4 is 9.84 Å². The van der Waals surface area contributed by atoms with Crippen LogP contribution in [0, 0.1) is 0 Å². The molecule has 7 heteroatoms. The van der Waals surface area contributed by atoms with Crippen LogP contribution in [0.1, 0.15) is 24.9 Å². The average Bonchev–Trinajstić information content (AvgIpc) is 2.91. The van der Waals surface area contributed by atoms with Gasteiger partial charge in [0.15, 0.2) is 0 Å². The lowest BCUT2D eigenvalue weighted by molar-refractivity contribution is -0.306. The summed E-state index contributed by atoms with van der Waals surface area (Å²) in [5.74, 6) is -0.426. The van der Waals surface area contributed by atoms with Crippen molar-refractivity contribution < 1.29 is 14.6 Å². The number of hydrogen-bond donors (Lipinski definition) is 0. The summed E-state index contributed by atoms with van der Waals surface area (Å²) in [5, 5.41) is 21.6. The highest BCUT2D eigenvalue weighted by atomic mass is 16.5. The number of aliphatic carboxylic acids is 1. The van der Waals surface area contributed by atoms with Gasteiger partial charge in [0.05, 0.1) is 12.6 Å². The molecule has 19 heavy (non-hydrogen) atoms. The fraction of sp³-hybridized carbons (Fsp3) is 0.333. The van der Waals surface area contributed by atoms with E-state index in [1.165, 1.54) is 11.0 Å². The maximum absolute atomic E-state index is 10.8. The van der Waals surface area contributed by atoms with Gasteiger partial charge in [-0.1, -0.05) is 12.1 Å². The van der Waals surface area contributed by atoms with E-state index in [0.717, 1.165) is 11.3 Å². The number of nitrogens with zero attached hydrogens (tertiary/aromatic N) is 4. The molecule has 0 radical (unpaired) electrons. The lowest BCUT2D eigenvalue weighted by Crippen LogP contribution is -2.27. The molecule has 2 aromatic rings. The molecule has 0 unspecified atom stereocenters. The predicted molar refractivity (Wildman–Crippen MR) is 63.2 cm³/mol. The summed E-state index contributed by atoms with van der Waals surface area (Å²) in [4.78, 5) is 10.8. The first kappa shape index (κ1) is 13.0. The van der Waals surface area contributed by atoms with Crippen LogP contribution in [0.3, 0.4) is 0 Å². The van der Waals surface area contributed by atoms with E-state index in [9.17, 15) is 9.90 Å². The number of carbonyl (C=O) groups is 1. The molecule has 0 aliphatic heterocycles. The van der Waals surface area contributed by atoms with Crippen molar-refractivity contribution in [2.24, 2.45) is 0 Å². The summed E-state index contributed by atoms with van der Waals surface area (Å²) in [6, 6.07) is 6.66. The fourth-order valence-corrected chi connectivity index (χ4v) is 1.79. The number of hydrogen-bond acceptors (Lipinski definition) is 6. The van der Waals surface area contributed by atoms with Gasteiger partial charge in [-0.15, -0.1) is 5.10 Å². The number of benzene rings is 1. The Kier molecular flexibility index (Phi) is 4.07. The fourth-order valence-electron chi connectivity index (χ4n) is 1.79. The van der Waals surface area contributed by atoms with E-state index in [2.05, 4.69) is 15.5 Å². The van der Waals surface area contributed by atoms with Gasteiger partial charge in [0.1, 0.15) is 12.1 Å². The standard InChI is InChI=1S/C12H14N4O3/c1-2-19-10-5-3-9(4-6-10)11(7-12(17)18)16-8-13-14-15-16/h3-6,8,11H,2,7H2,1H3,(H,17,18)/p-1/t11-/m1/s1. The van der Waals surface area contributed by atoms with Crippen LogP contribution in [0.2, 0.25) is 0 Å². The maximum atomic E-state index is 10.8. The van der Waals surface area contributed by atoms with Gasteiger partial charge in [0, 0.05) is 12.4 Å². The normalized spacial score (nSPS) is 12.1. The number of tetrazole rings is 1. The van der Waals surface area contributed by atoms with Gasteiger partial charge in [-0.3, -0.25) is 0 Å². The number of ether oxygens (including phenoxy) is 1. The highest BCUT2D eigenvalue weighted by Gasteiger charge is 2.15. The Hall–Kier alpha value is -2.44. The zero-order valence-corrected chi connectivity index (χ0v) is 10.4. The molecule has 0 spiro atoms. The minimum Gasteiger partial charge on any atom is -0.550 e. The van der Waals surface area contributed by atoms with Crippen LogP contribution in [-0.4, -0.2) is 32.8 Å². The zero-order chi connectivity index (χ0) is 13.7. The van der Waals surface area contributed by atoms with Crippen molar-refractivity contribution in [3.05, 3.63) is 36.2 Å². The second-order valence-electron chi connectivity index (χ2n) is 3.88. The number of aromatic nitrogens is 4. The summed E-state index contributed by atoms with van der Waals surface area (Å²) in [7, 11) is 0. The van der Waals surface area contributed by atoms with Crippen molar-refractivity contribution in [2.75, 3.05) is 6.61 Å². The Balaban J connectivity index is 2.25. The minimum atomic E-state index is -1.16. The first-order valence-corrected chi connectivity index (χ1v) is 5.85. The second-order valence-corrected chi connectivity index (χ2v) is 3.88. The highest BCUT2D eigenvalue weighted by Crippen LogP contribution is 2.23. The predicted octanol–water partition coefficient (Wildman–Crippen LogP) is -0.199. The Morgan fingerprint density at radius 1 is 1.42 bits per heavy atom. The third kappa shape index (κ3) is 3.27. The SMILES string of the molecule is CCOc1ccc([C@@H](CC(=O)[O-])n2cnnn2)cc1. The summed E-state index contributed by atoms with van der Waals surface area (Å²) in [5.41, 5.74) is 0.778. The zero-order valence-electron chi connectivity index (χ0n) is 10.4. The molecule has 1 heterocycles. The molecule has 1 atom stereocenters. The van der Waals surface area contributed by atoms with Crippen molar-refractivity contribution in [3.63, 3.8) is 0 Å². The molecule has 0 N–H and O–H groups in total. The van der Waals surface area contributed by atoms with Crippen LogP contribution in [0.5, 0.6) is 5.75 Å². The molecule has 0 amide bonds. The molecule has 0 saturated carbocycles. The minimum absolute atomic E-state index is 0.195. The van der Waals surface area contributed by atoms with E-state index in [4.69, 9.17) is 4.74 Å². The first-order valence-electron chi connectivity index (χ1n) is 5.85. The monoisotopic (exact) mass is 261 g/mol. The Morgan fingerprint density at radius 2 is 2.16 bits per heavy atom. The summed E-state index contributed by atoms with van der Waals surface area (Å²) in [6.45, 7) is 2.47. The van der Waals surface area contributed by atoms with E-state index >= 15 is 0 Å². The van der Waals surface area contributed by atoms with Crippen LogP contribution in [0.4, 0.5) is 0 Å². The van der Waals surface area contributed by atoms with Gasteiger partial charge in [-0.2, -0.15) is 0 Å². The van der Waals surface area contributed by atoms with Gasteiger partial charge in [0.2, 0.25) is 0 Å². The Morgan fingerprint density at radius 3 is 2.68 bits per heavy atom. The lowest BCUT2D eigenvalue weighted by Gasteiger charge is -2.17. The molecule has 2 rings (SSSR count). The largest absolute Gasteiger partial charge is 0.550 e. The molecule has 1 aromatic carbocycles. The average molecular weight is 261 g/mol. The molecule has 0 fully saturated rings. The molecule has 7 nitrogen and oxygen atoms in total. The van der Waals surface area contributed by atoms with Crippen molar-refractivity contribution in [2.45, 2.75) is 19.4 Å². The van der Waals surface area contributed by atoms with Gasteiger partial charge in [0.25, 0.3) is 0 Å². The molecule has 0 bridgehead atoms. The maximum Gasteiger partial charge on any atom is 0.138 e. The van der Waals surface area contributed by atoms with Crippen molar-refractivity contribution in [1.82, 2.24) is 20.2 Å². The highest BCUT2D eigenvalue weighted by molar-refractivity contribution is 5.65. The van der Waals surface area contributed by atoms with Crippen molar-refractivity contribution in [1.29, 1.82) is 0 Å². The number of rotatable bonds is 6. The van der Waals surface area contributed by atoms with E-state index in [1.807, 2.05) is 6.92 Å². The molecule has 100 valence electrons. The summed E-state index contributed by atoms with van der Waals surface area (Å²) >= 11 is 0. The molecular weight excluding hydrogens is 248 g/mol. The van der Waals surface area contributed by atoms with E-state index in [1.54, 1.807) is 24.3 Å². The first-order chi connectivity index (χ1) is 9.20. The third-order valence-electron chi connectivity index (χ3n) is 2.62. The molecule has 0 aliphatic rings. The van der Waals surface area contributed by atoms with Crippen LogP contribution in [0.25, 0.3) is 0 Å².